The predicted molar refractivity (Wildman–Crippen MR) is 78.3 cm³/mol. The number of rotatable bonds is 7. The van der Waals surface area contributed by atoms with Gasteiger partial charge in [-0.05, 0) is 12.3 Å². The number of hydrogen-bond donors (Lipinski definition) is 2. The molecule has 6 nitrogen and oxygen atoms in total. The number of hydrogen-bond acceptors (Lipinski definition) is 4. The molecule has 0 aromatic carbocycles. The minimum Gasteiger partial charge on any atom is -0.355 e. The van der Waals surface area contributed by atoms with Crippen molar-refractivity contribution < 1.29 is 14.4 Å². The molecule has 0 aromatic rings. The molecule has 3 N–H and O–H groups in total. The van der Waals surface area contributed by atoms with E-state index in [4.69, 9.17) is 5.73 Å². The van der Waals surface area contributed by atoms with Gasteiger partial charge in [0.1, 0.15) is 0 Å². The van der Waals surface area contributed by atoms with Gasteiger partial charge in [-0.3, -0.25) is 19.3 Å². The first kappa shape index (κ1) is 18.9. The molecular weight excluding hydrogens is 282 g/mol. The number of likely N-dealkylation sites (tertiary alicyclic amines) is 1. The summed E-state index contributed by atoms with van der Waals surface area (Å²) in [6, 6.07) is -0.500. The number of nitrogens with one attached hydrogen (secondary N) is 1. The van der Waals surface area contributed by atoms with Gasteiger partial charge in [0.15, 0.2) is 0 Å². The van der Waals surface area contributed by atoms with E-state index in [1.807, 2.05) is 13.8 Å². The van der Waals surface area contributed by atoms with Gasteiger partial charge in [0.2, 0.25) is 17.7 Å². The van der Waals surface area contributed by atoms with Crippen molar-refractivity contribution >= 4 is 30.1 Å². The largest absolute Gasteiger partial charge is 0.355 e. The van der Waals surface area contributed by atoms with Gasteiger partial charge in [0.25, 0.3) is 0 Å². The maximum atomic E-state index is 11.7. The van der Waals surface area contributed by atoms with Crippen LogP contribution >= 0.6 is 12.4 Å². The summed E-state index contributed by atoms with van der Waals surface area (Å²) in [7, 11) is 0. The molecule has 2 atom stereocenters. The van der Waals surface area contributed by atoms with Gasteiger partial charge >= 0.3 is 0 Å². The van der Waals surface area contributed by atoms with Crippen LogP contribution in [0.3, 0.4) is 0 Å². The minimum absolute atomic E-state index is 0. The lowest BCUT2D eigenvalue weighted by atomic mass is 9.99. The lowest BCUT2D eigenvalue weighted by Crippen LogP contribution is -2.45. The second-order valence-electron chi connectivity index (χ2n) is 5.00. The van der Waals surface area contributed by atoms with Crippen LogP contribution in [0, 0.1) is 5.92 Å². The molecule has 3 amide bonds. The van der Waals surface area contributed by atoms with Crippen LogP contribution in [0.5, 0.6) is 0 Å². The van der Waals surface area contributed by atoms with E-state index in [1.54, 1.807) is 0 Å². The molecule has 1 saturated heterocycles. The molecule has 0 aromatic heterocycles. The monoisotopic (exact) mass is 305 g/mol. The van der Waals surface area contributed by atoms with E-state index in [9.17, 15) is 14.4 Å². The molecule has 1 fully saturated rings. The normalized spacial score (nSPS) is 17.6. The van der Waals surface area contributed by atoms with Crippen LogP contribution < -0.4 is 11.1 Å². The maximum Gasteiger partial charge on any atom is 0.237 e. The molecule has 116 valence electrons. The van der Waals surface area contributed by atoms with E-state index in [2.05, 4.69) is 5.32 Å². The van der Waals surface area contributed by atoms with Gasteiger partial charge in [0, 0.05) is 25.9 Å². The van der Waals surface area contributed by atoms with Crippen molar-refractivity contribution in [2.45, 2.75) is 45.6 Å². The van der Waals surface area contributed by atoms with Crippen LogP contribution in [0.1, 0.15) is 39.5 Å². The number of nitrogens with zero attached hydrogens (tertiary/aromatic N) is 1. The van der Waals surface area contributed by atoms with Crippen molar-refractivity contribution in [2.75, 3.05) is 13.1 Å². The third-order valence-corrected chi connectivity index (χ3v) is 3.57. The van der Waals surface area contributed by atoms with Crippen LogP contribution in [0.15, 0.2) is 0 Å². The molecule has 1 aliphatic rings. The molecule has 2 unspecified atom stereocenters. The Hall–Kier alpha value is -1.14. The van der Waals surface area contributed by atoms with Crippen LogP contribution in [0.2, 0.25) is 0 Å². The summed E-state index contributed by atoms with van der Waals surface area (Å²) in [5.41, 5.74) is 5.79. The fourth-order valence-electron chi connectivity index (χ4n) is 1.95. The average Bonchev–Trinajstić information content (AvgIpc) is 2.72. The highest BCUT2D eigenvalue weighted by Gasteiger charge is 2.28. The molecule has 0 aliphatic carbocycles. The van der Waals surface area contributed by atoms with E-state index in [0.29, 0.717) is 32.4 Å². The van der Waals surface area contributed by atoms with Crippen LogP contribution in [-0.4, -0.2) is 41.8 Å². The van der Waals surface area contributed by atoms with Gasteiger partial charge < -0.3 is 11.1 Å². The third-order valence-electron chi connectivity index (χ3n) is 3.57. The van der Waals surface area contributed by atoms with Crippen LogP contribution in [0.25, 0.3) is 0 Å². The molecular formula is C13H24ClN3O3. The Bertz CT molecular complexity index is 347. The highest BCUT2D eigenvalue weighted by molar-refractivity contribution is 6.01. The molecule has 0 radical (unpaired) electrons. The topological polar surface area (TPSA) is 92.5 Å². The Morgan fingerprint density at radius 1 is 1.35 bits per heavy atom. The second-order valence-corrected chi connectivity index (χ2v) is 5.00. The second kappa shape index (κ2) is 8.92. The first-order valence-electron chi connectivity index (χ1n) is 6.83. The molecule has 1 rings (SSSR count). The Labute approximate surface area is 125 Å². The first-order chi connectivity index (χ1) is 8.97. The summed E-state index contributed by atoms with van der Waals surface area (Å²) >= 11 is 0. The number of imide groups is 1. The van der Waals surface area contributed by atoms with Crippen LogP contribution in [-0.2, 0) is 14.4 Å². The van der Waals surface area contributed by atoms with Crippen LogP contribution in [0.4, 0.5) is 0 Å². The summed E-state index contributed by atoms with van der Waals surface area (Å²) < 4.78 is 0. The number of amides is 3. The third kappa shape index (κ3) is 5.09. The van der Waals surface area contributed by atoms with Crippen molar-refractivity contribution in [3.63, 3.8) is 0 Å². The number of nitrogens with two attached hydrogens (primary N) is 1. The number of carbonyl (C=O) groups is 3. The predicted octanol–water partition coefficient (Wildman–Crippen LogP) is 0.437. The van der Waals surface area contributed by atoms with E-state index in [1.165, 1.54) is 4.90 Å². The molecule has 0 spiro atoms. The molecule has 7 heteroatoms. The molecule has 0 saturated carbocycles. The number of carbonyl (C=O) groups excluding carboxylic acids is 3. The van der Waals surface area contributed by atoms with Gasteiger partial charge in [-0.15, -0.1) is 12.4 Å². The Morgan fingerprint density at radius 3 is 2.40 bits per heavy atom. The van der Waals surface area contributed by atoms with Crippen molar-refractivity contribution in [3.05, 3.63) is 0 Å². The Morgan fingerprint density at radius 2 is 1.90 bits per heavy atom. The summed E-state index contributed by atoms with van der Waals surface area (Å²) in [5, 5.41) is 2.74. The molecule has 1 heterocycles. The average molecular weight is 306 g/mol. The van der Waals surface area contributed by atoms with Gasteiger partial charge in [-0.1, -0.05) is 20.3 Å². The zero-order valence-electron chi connectivity index (χ0n) is 12.1. The Balaban J connectivity index is 0.00000361. The number of halogens is 1. The summed E-state index contributed by atoms with van der Waals surface area (Å²) in [6.07, 6.45) is 2.04. The van der Waals surface area contributed by atoms with Crippen molar-refractivity contribution in [2.24, 2.45) is 11.7 Å². The van der Waals surface area contributed by atoms with E-state index in [0.717, 1.165) is 6.42 Å². The molecule has 0 bridgehead atoms. The highest BCUT2D eigenvalue weighted by Crippen LogP contribution is 2.11. The van der Waals surface area contributed by atoms with Crippen molar-refractivity contribution in [1.29, 1.82) is 0 Å². The van der Waals surface area contributed by atoms with E-state index >= 15 is 0 Å². The zero-order valence-corrected chi connectivity index (χ0v) is 12.9. The van der Waals surface area contributed by atoms with Gasteiger partial charge in [-0.2, -0.15) is 0 Å². The van der Waals surface area contributed by atoms with Gasteiger partial charge in [-0.25, -0.2) is 0 Å². The lowest BCUT2D eigenvalue weighted by molar-refractivity contribution is -0.138. The quantitative estimate of drug-likeness (QED) is 0.527. The van der Waals surface area contributed by atoms with Crippen molar-refractivity contribution in [3.8, 4) is 0 Å². The summed E-state index contributed by atoms with van der Waals surface area (Å²) in [6.45, 7) is 4.73. The van der Waals surface area contributed by atoms with Crippen molar-refractivity contribution in [1.82, 2.24) is 10.2 Å². The fourth-order valence-corrected chi connectivity index (χ4v) is 1.95. The van der Waals surface area contributed by atoms with E-state index in [-0.39, 0.29) is 36.0 Å². The summed E-state index contributed by atoms with van der Waals surface area (Å²) in [5.74, 6) is -0.268. The summed E-state index contributed by atoms with van der Waals surface area (Å²) in [4.78, 5) is 35.6. The Kier molecular flexibility index (Phi) is 8.41. The molecule has 1 aliphatic heterocycles. The minimum atomic E-state index is -0.500. The highest BCUT2D eigenvalue weighted by atomic mass is 35.5. The standard InChI is InChI=1S/C13H23N3O3.ClH/c1-3-9(2)12(14)13(19)15-7-4-8-16-10(17)5-6-11(16)18;/h9,12H,3-8,14H2,1-2H3,(H,15,19);1H. The van der Waals surface area contributed by atoms with E-state index < -0.39 is 6.04 Å². The zero-order chi connectivity index (χ0) is 14.4. The first-order valence-corrected chi connectivity index (χ1v) is 6.83. The van der Waals surface area contributed by atoms with Gasteiger partial charge in [0.05, 0.1) is 6.04 Å². The lowest BCUT2D eigenvalue weighted by Gasteiger charge is -2.18. The smallest absolute Gasteiger partial charge is 0.237 e. The SMILES string of the molecule is CCC(C)C(N)C(=O)NCCCN1C(=O)CCC1=O.Cl. The fraction of sp³-hybridized carbons (Fsp3) is 0.769. The molecule has 20 heavy (non-hydrogen) atoms. The maximum absolute atomic E-state index is 11.7.